The molecular formula is C19H23NO. The summed E-state index contributed by atoms with van der Waals surface area (Å²) in [6.07, 6.45) is 4.21. The molecule has 2 heteroatoms. The molecule has 0 bridgehead atoms. The number of phenolic OH excluding ortho intramolecular Hbond substituents is 1. The second-order valence-corrected chi connectivity index (χ2v) is 5.83. The first-order valence-electron chi connectivity index (χ1n) is 7.14. The molecule has 110 valence electrons. The van der Waals surface area contributed by atoms with Gasteiger partial charge in [0.15, 0.2) is 0 Å². The summed E-state index contributed by atoms with van der Waals surface area (Å²) in [4.78, 5) is 2.11. The molecule has 21 heavy (non-hydrogen) atoms. The fourth-order valence-electron chi connectivity index (χ4n) is 2.42. The van der Waals surface area contributed by atoms with Gasteiger partial charge >= 0.3 is 0 Å². The first-order valence-corrected chi connectivity index (χ1v) is 7.14. The molecule has 0 fully saturated rings. The van der Waals surface area contributed by atoms with E-state index in [0.717, 1.165) is 16.7 Å². The zero-order valence-electron chi connectivity index (χ0n) is 13.4. The van der Waals surface area contributed by atoms with Gasteiger partial charge in [-0.15, -0.1) is 0 Å². The molecule has 0 saturated heterocycles. The van der Waals surface area contributed by atoms with Gasteiger partial charge in [0.25, 0.3) is 0 Å². The number of aryl methyl sites for hydroxylation is 3. The van der Waals surface area contributed by atoms with Crippen LogP contribution < -0.4 is 4.90 Å². The minimum Gasteiger partial charge on any atom is -0.507 e. The van der Waals surface area contributed by atoms with Crippen molar-refractivity contribution in [1.82, 2.24) is 0 Å². The summed E-state index contributed by atoms with van der Waals surface area (Å²) in [5.41, 5.74) is 6.56. The second-order valence-electron chi connectivity index (χ2n) is 5.83. The lowest BCUT2D eigenvalue weighted by Crippen LogP contribution is -2.08. The number of anilines is 1. The van der Waals surface area contributed by atoms with Gasteiger partial charge < -0.3 is 10.0 Å². The Kier molecular flexibility index (Phi) is 4.37. The summed E-state index contributed by atoms with van der Waals surface area (Å²) in [6.45, 7) is 5.96. The van der Waals surface area contributed by atoms with Gasteiger partial charge in [-0.25, -0.2) is 0 Å². The number of hydrogen-bond donors (Lipinski definition) is 1. The van der Waals surface area contributed by atoms with E-state index in [1.165, 1.54) is 16.8 Å². The minimum absolute atomic E-state index is 0.387. The molecule has 0 aliphatic carbocycles. The van der Waals surface area contributed by atoms with Crippen LogP contribution in [0.2, 0.25) is 0 Å². The second kappa shape index (κ2) is 6.04. The van der Waals surface area contributed by atoms with E-state index in [1.54, 1.807) is 0 Å². The van der Waals surface area contributed by atoms with E-state index >= 15 is 0 Å². The first kappa shape index (κ1) is 15.2. The van der Waals surface area contributed by atoms with Gasteiger partial charge in [0.1, 0.15) is 5.75 Å². The Morgan fingerprint density at radius 3 is 1.86 bits per heavy atom. The lowest BCUT2D eigenvalue weighted by molar-refractivity contribution is 0.467. The van der Waals surface area contributed by atoms with Crippen LogP contribution >= 0.6 is 0 Å². The molecule has 0 aliphatic rings. The van der Waals surface area contributed by atoms with Gasteiger partial charge in [0.2, 0.25) is 0 Å². The Morgan fingerprint density at radius 1 is 0.810 bits per heavy atom. The molecule has 2 aromatic rings. The summed E-state index contributed by atoms with van der Waals surface area (Å²) in [6, 6.07) is 10.5. The third-order valence-corrected chi connectivity index (χ3v) is 3.58. The molecule has 0 heterocycles. The van der Waals surface area contributed by atoms with Crippen LogP contribution in [0.5, 0.6) is 5.75 Å². The van der Waals surface area contributed by atoms with Crippen molar-refractivity contribution < 1.29 is 5.11 Å². The summed E-state index contributed by atoms with van der Waals surface area (Å²) in [7, 11) is 4.10. The van der Waals surface area contributed by atoms with Gasteiger partial charge in [-0.3, -0.25) is 0 Å². The molecule has 0 unspecified atom stereocenters. The Balaban J connectivity index is 2.33. The highest BCUT2D eigenvalue weighted by Gasteiger charge is 2.02. The van der Waals surface area contributed by atoms with Crippen molar-refractivity contribution in [3.63, 3.8) is 0 Å². The fraction of sp³-hybridized carbons (Fsp3) is 0.263. The average molecular weight is 281 g/mol. The van der Waals surface area contributed by atoms with Crippen LogP contribution in [0.15, 0.2) is 30.3 Å². The summed E-state index contributed by atoms with van der Waals surface area (Å²) >= 11 is 0. The van der Waals surface area contributed by atoms with E-state index in [1.807, 2.05) is 26.0 Å². The van der Waals surface area contributed by atoms with Crippen molar-refractivity contribution in [2.75, 3.05) is 19.0 Å². The van der Waals surface area contributed by atoms with E-state index in [0.29, 0.717) is 5.75 Å². The topological polar surface area (TPSA) is 23.5 Å². The molecule has 2 nitrogen and oxygen atoms in total. The Hall–Kier alpha value is -2.22. The quantitative estimate of drug-likeness (QED) is 0.834. The van der Waals surface area contributed by atoms with Crippen molar-refractivity contribution in [1.29, 1.82) is 0 Å². The predicted octanol–water partition coefficient (Wildman–Crippen LogP) is 4.55. The fourth-order valence-corrected chi connectivity index (χ4v) is 2.42. The Morgan fingerprint density at radius 2 is 1.33 bits per heavy atom. The third kappa shape index (κ3) is 3.66. The molecule has 2 aromatic carbocycles. The molecule has 0 spiro atoms. The smallest absolute Gasteiger partial charge is 0.121 e. The predicted molar refractivity (Wildman–Crippen MR) is 92.0 cm³/mol. The summed E-state index contributed by atoms with van der Waals surface area (Å²) in [5, 5.41) is 9.82. The Bertz CT molecular complexity index is 661. The van der Waals surface area contributed by atoms with Crippen LogP contribution in [0, 0.1) is 20.8 Å². The lowest BCUT2D eigenvalue weighted by atomic mass is 10.0. The first-order chi connectivity index (χ1) is 9.86. The van der Waals surface area contributed by atoms with Crippen molar-refractivity contribution in [2.45, 2.75) is 20.8 Å². The molecule has 0 atom stereocenters. The van der Waals surface area contributed by atoms with Gasteiger partial charge in [0, 0.05) is 19.8 Å². The van der Waals surface area contributed by atoms with Gasteiger partial charge in [0.05, 0.1) is 0 Å². The van der Waals surface area contributed by atoms with Crippen molar-refractivity contribution in [3.05, 3.63) is 58.1 Å². The standard InChI is InChI=1S/C19H23NO/c1-13-8-16(12-18(9-13)20(4)5)6-7-17-10-14(2)19(21)15(3)11-17/h6-12,21H,1-5H3/b7-6+. The van der Waals surface area contributed by atoms with E-state index in [4.69, 9.17) is 0 Å². The molecular weight excluding hydrogens is 258 g/mol. The highest BCUT2D eigenvalue weighted by Crippen LogP contribution is 2.24. The van der Waals surface area contributed by atoms with Crippen LogP contribution in [0.4, 0.5) is 5.69 Å². The lowest BCUT2D eigenvalue weighted by Gasteiger charge is -2.14. The average Bonchev–Trinajstić information content (AvgIpc) is 2.41. The molecule has 1 N–H and O–H groups in total. The van der Waals surface area contributed by atoms with E-state index < -0.39 is 0 Å². The summed E-state index contributed by atoms with van der Waals surface area (Å²) < 4.78 is 0. The third-order valence-electron chi connectivity index (χ3n) is 3.58. The van der Waals surface area contributed by atoms with Crippen LogP contribution in [0.3, 0.4) is 0 Å². The minimum atomic E-state index is 0.387. The molecule has 0 amide bonds. The number of benzene rings is 2. The van der Waals surface area contributed by atoms with Gasteiger partial charge in [-0.2, -0.15) is 0 Å². The molecule has 2 rings (SSSR count). The van der Waals surface area contributed by atoms with Gasteiger partial charge in [-0.05, 0) is 72.9 Å². The largest absolute Gasteiger partial charge is 0.507 e. The Labute approximate surface area is 127 Å². The van der Waals surface area contributed by atoms with Crippen molar-refractivity contribution in [2.24, 2.45) is 0 Å². The van der Waals surface area contributed by atoms with Crippen LogP contribution in [0.25, 0.3) is 12.2 Å². The summed E-state index contributed by atoms with van der Waals surface area (Å²) in [5.74, 6) is 0.387. The SMILES string of the molecule is Cc1cc(/C=C/c2cc(C)c(O)c(C)c2)cc(N(C)C)c1. The highest BCUT2D eigenvalue weighted by molar-refractivity contribution is 5.73. The van der Waals surface area contributed by atoms with Crippen LogP contribution in [-0.4, -0.2) is 19.2 Å². The maximum absolute atomic E-state index is 9.82. The zero-order chi connectivity index (χ0) is 15.6. The number of nitrogens with zero attached hydrogens (tertiary/aromatic N) is 1. The number of hydrogen-bond acceptors (Lipinski definition) is 2. The van der Waals surface area contributed by atoms with Crippen LogP contribution in [0.1, 0.15) is 27.8 Å². The highest BCUT2D eigenvalue weighted by atomic mass is 16.3. The number of phenols is 1. The van der Waals surface area contributed by atoms with E-state index in [9.17, 15) is 5.11 Å². The number of rotatable bonds is 3. The molecule has 0 aliphatic heterocycles. The monoisotopic (exact) mass is 281 g/mol. The maximum Gasteiger partial charge on any atom is 0.121 e. The number of aromatic hydroxyl groups is 1. The normalized spacial score (nSPS) is 11.1. The molecule has 0 aromatic heterocycles. The molecule has 0 saturated carbocycles. The van der Waals surface area contributed by atoms with Crippen molar-refractivity contribution >= 4 is 17.8 Å². The molecule has 0 radical (unpaired) electrons. The van der Waals surface area contributed by atoms with Crippen LogP contribution in [-0.2, 0) is 0 Å². The zero-order valence-corrected chi connectivity index (χ0v) is 13.4. The van der Waals surface area contributed by atoms with E-state index in [-0.39, 0.29) is 0 Å². The van der Waals surface area contributed by atoms with Crippen molar-refractivity contribution in [3.8, 4) is 5.75 Å². The van der Waals surface area contributed by atoms with E-state index in [2.05, 4.69) is 56.3 Å². The maximum atomic E-state index is 9.82. The van der Waals surface area contributed by atoms with Gasteiger partial charge in [-0.1, -0.05) is 18.2 Å².